The zero-order valence-electron chi connectivity index (χ0n) is 6.23. The Balaban J connectivity index is 0. The molecule has 0 amide bonds. The van der Waals surface area contributed by atoms with Crippen molar-refractivity contribution < 1.29 is 15.9 Å². The molecule has 0 bridgehead atoms. The minimum atomic E-state index is -0.106. The van der Waals surface area contributed by atoms with E-state index in [0.717, 1.165) is 0 Å². The summed E-state index contributed by atoms with van der Waals surface area (Å²) in [5, 5.41) is 5.56. The van der Waals surface area contributed by atoms with E-state index >= 15 is 0 Å². The van der Waals surface area contributed by atoms with Crippen LogP contribution in [0.2, 0.25) is 0 Å². The van der Waals surface area contributed by atoms with E-state index < -0.39 is 0 Å². The van der Waals surface area contributed by atoms with Crippen molar-refractivity contribution in [3.05, 3.63) is 13.3 Å². The Labute approximate surface area is 83.8 Å². The van der Waals surface area contributed by atoms with E-state index in [9.17, 15) is 0 Å². The summed E-state index contributed by atoms with van der Waals surface area (Å²) in [7, 11) is 13.3. The molecule has 0 aliphatic heterocycles. The quantitative estimate of drug-likeness (QED) is 0.252. The van der Waals surface area contributed by atoms with Crippen LogP contribution in [0.15, 0.2) is 0 Å². The van der Waals surface area contributed by atoms with Crippen molar-refractivity contribution in [1.29, 1.82) is 0 Å². The number of hydrogen-bond acceptors (Lipinski definition) is 4. The molecule has 0 radical (unpaired) electrons. The van der Waals surface area contributed by atoms with Gasteiger partial charge in [-0.1, -0.05) is 0 Å². The Morgan fingerprint density at radius 2 is 1.27 bits per heavy atom. The van der Waals surface area contributed by atoms with E-state index in [4.69, 9.17) is 19.1 Å². The van der Waals surface area contributed by atoms with Crippen molar-refractivity contribution >= 4 is 19.1 Å². The van der Waals surface area contributed by atoms with Crippen LogP contribution in [0.5, 0.6) is 0 Å². The Kier molecular flexibility index (Phi) is 22.9. The molecule has 0 heterocycles. The number of hydrazine groups is 1. The second kappa shape index (κ2) is 17.2. The summed E-state index contributed by atoms with van der Waals surface area (Å²) >= 11 is -0.106. The maximum absolute atomic E-state index is 4.81. The molecular formula is C4H12Cl2N4Pd-2. The van der Waals surface area contributed by atoms with Crippen LogP contribution < -0.4 is 21.5 Å². The van der Waals surface area contributed by atoms with Gasteiger partial charge < -0.3 is 21.5 Å². The van der Waals surface area contributed by atoms with Crippen LogP contribution in [0, 0.1) is 13.3 Å². The second-order valence-electron chi connectivity index (χ2n) is 1.20. The predicted octanol–water partition coefficient (Wildman–Crippen LogP) is 0.134. The second-order valence-corrected chi connectivity index (χ2v) is 3.56. The van der Waals surface area contributed by atoms with E-state index in [1.807, 2.05) is 14.1 Å². The topological polar surface area (TPSA) is 48.1 Å². The fourth-order valence-corrected chi connectivity index (χ4v) is 0.228. The summed E-state index contributed by atoms with van der Waals surface area (Å²) in [6.45, 7) is 3.35. The van der Waals surface area contributed by atoms with Crippen molar-refractivity contribution in [3.8, 4) is 0 Å². The fourth-order valence-electron chi connectivity index (χ4n) is 0.228. The number of rotatable bonds is 5. The maximum atomic E-state index is 4.81. The van der Waals surface area contributed by atoms with Gasteiger partial charge in [-0.05, 0) is 14.1 Å². The molecule has 0 atom stereocenters. The molecule has 4 N–H and O–H groups in total. The summed E-state index contributed by atoms with van der Waals surface area (Å²) in [5.41, 5.74) is 5.46. The van der Waals surface area contributed by atoms with Crippen molar-refractivity contribution in [2.24, 2.45) is 0 Å². The zero-order chi connectivity index (χ0) is 8.95. The molecule has 0 saturated carbocycles. The van der Waals surface area contributed by atoms with Crippen LogP contribution in [-0.4, -0.2) is 14.1 Å². The molecule has 0 unspecified atom stereocenters. The number of halogens is 2. The molecule has 0 saturated heterocycles. The summed E-state index contributed by atoms with van der Waals surface area (Å²) in [6, 6.07) is 0. The summed E-state index contributed by atoms with van der Waals surface area (Å²) in [6.07, 6.45) is 0. The molecule has 0 fully saturated rings. The number of nitrogens with one attached hydrogen (secondary N) is 4. The Hall–Kier alpha value is 1.08. The normalized spacial score (nSPS) is 9.09. The Morgan fingerprint density at radius 1 is 1.00 bits per heavy atom. The summed E-state index contributed by atoms with van der Waals surface area (Å²) in [4.78, 5) is 0. The molecule has 0 aromatic rings. The molecule has 7 heteroatoms. The Morgan fingerprint density at radius 3 is 1.45 bits per heavy atom. The van der Waals surface area contributed by atoms with Gasteiger partial charge in [-0.3, -0.25) is 0 Å². The van der Waals surface area contributed by atoms with Crippen LogP contribution in [0.1, 0.15) is 0 Å². The third-order valence-electron chi connectivity index (χ3n) is 0.516. The molecule has 0 aromatic carbocycles. The van der Waals surface area contributed by atoms with Gasteiger partial charge in [0.15, 0.2) is 0 Å². The van der Waals surface area contributed by atoms with Crippen LogP contribution in [0.25, 0.3) is 0 Å². The van der Waals surface area contributed by atoms with Crippen LogP contribution in [0.4, 0.5) is 0 Å². The molecule has 0 aliphatic carbocycles. The molecule has 0 aromatic heterocycles. The first-order valence-electron chi connectivity index (χ1n) is 2.64. The molecule has 0 rings (SSSR count). The molecule has 74 valence electrons. The molecule has 11 heavy (non-hydrogen) atoms. The zero-order valence-corrected chi connectivity index (χ0v) is 9.29. The molecule has 4 nitrogen and oxygen atoms in total. The predicted molar refractivity (Wildman–Crippen MR) is 44.7 cm³/mol. The first-order chi connectivity index (χ1) is 5.33. The van der Waals surface area contributed by atoms with Gasteiger partial charge in [-0.15, -0.1) is 0 Å². The summed E-state index contributed by atoms with van der Waals surface area (Å²) in [5.74, 6) is 0. The monoisotopic (exact) mass is 292 g/mol. The standard InChI is InChI=1S/C4H12N4.2ClH.Pd/c1-5-3-7-8-4-6-2;;;/h3-8H,1-2H3;2*1H;/q-2;;;+2/p-2. The van der Waals surface area contributed by atoms with Crippen molar-refractivity contribution in [3.63, 3.8) is 0 Å². The molecular weight excluding hydrogens is 281 g/mol. The van der Waals surface area contributed by atoms with Crippen molar-refractivity contribution in [2.45, 2.75) is 0 Å². The average molecular weight is 293 g/mol. The van der Waals surface area contributed by atoms with Gasteiger partial charge in [0.1, 0.15) is 0 Å². The molecule has 0 spiro atoms. The van der Waals surface area contributed by atoms with Gasteiger partial charge in [0.25, 0.3) is 0 Å². The van der Waals surface area contributed by atoms with Gasteiger partial charge in [0, 0.05) is 0 Å². The van der Waals surface area contributed by atoms with E-state index in [2.05, 4.69) is 21.5 Å². The fraction of sp³-hybridized carbons (Fsp3) is 0.500. The Bertz CT molecular complexity index is 53.4. The van der Waals surface area contributed by atoms with Gasteiger partial charge in [-0.25, -0.2) is 0 Å². The van der Waals surface area contributed by atoms with E-state index in [-0.39, 0.29) is 15.9 Å². The van der Waals surface area contributed by atoms with Gasteiger partial charge >= 0.3 is 35.0 Å². The number of hydrogen-bond donors (Lipinski definition) is 4. The third-order valence-corrected chi connectivity index (χ3v) is 0.516. The molecule has 0 aliphatic rings. The van der Waals surface area contributed by atoms with Crippen LogP contribution in [-0.2, 0) is 15.9 Å². The first kappa shape index (κ1) is 14.6. The summed E-state index contributed by atoms with van der Waals surface area (Å²) < 4.78 is 0. The average Bonchev–Trinajstić information content (AvgIpc) is 2.00. The third kappa shape index (κ3) is 24.7. The van der Waals surface area contributed by atoms with Crippen LogP contribution >= 0.6 is 19.1 Å². The van der Waals surface area contributed by atoms with Crippen molar-refractivity contribution in [2.75, 3.05) is 14.1 Å². The van der Waals surface area contributed by atoms with Crippen LogP contribution in [0.3, 0.4) is 0 Å². The van der Waals surface area contributed by atoms with Gasteiger partial charge in [0.2, 0.25) is 0 Å². The minimum absolute atomic E-state index is 0.106. The van der Waals surface area contributed by atoms with Gasteiger partial charge in [-0.2, -0.15) is 13.3 Å². The van der Waals surface area contributed by atoms with E-state index in [1.165, 1.54) is 0 Å². The first-order valence-corrected chi connectivity index (χ1v) is 6.65. The van der Waals surface area contributed by atoms with Crippen molar-refractivity contribution in [1.82, 2.24) is 21.5 Å². The van der Waals surface area contributed by atoms with E-state index in [1.54, 1.807) is 13.3 Å². The SMILES string of the molecule is CN[CH-]NN[CH-]NC.[Cl][Pd][Cl]. The van der Waals surface area contributed by atoms with Gasteiger partial charge in [0.05, 0.1) is 0 Å². The van der Waals surface area contributed by atoms with E-state index in [0.29, 0.717) is 0 Å².